The van der Waals surface area contributed by atoms with Crippen molar-refractivity contribution in [1.29, 1.82) is 0 Å². The smallest absolute Gasteiger partial charge is 0.289 e. The zero-order valence-electron chi connectivity index (χ0n) is 9.68. The fourth-order valence-corrected chi connectivity index (χ4v) is 2.22. The number of halogens is 1. The SMILES string of the molecule is Nc1cc(NC(=O)CN2C(=O)CSC2=O)ccc1F. The Labute approximate surface area is 112 Å². The molecule has 19 heavy (non-hydrogen) atoms. The highest BCUT2D eigenvalue weighted by Gasteiger charge is 2.31. The lowest BCUT2D eigenvalue weighted by Crippen LogP contribution is -2.36. The molecule has 0 radical (unpaired) electrons. The van der Waals surface area contributed by atoms with Crippen LogP contribution >= 0.6 is 11.8 Å². The van der Waals surface area contributed by atoms with Crippen molar-refractivity contribution in [3.05, 3.63) is 24.0 Å². The molecule has 1 aliphatic heterocycles. The molecule has 6 nitrogen and oxygen atoms in total. The molecule has 1 saturated heterocycles. The van der Waals surface area contributed by atoms with Gasteiger partial charge in [-0.2, -0.15) is 0 Å². The average molecular weight is 283 g/mol. The Morgan fingerprint density at radius 3 is 2.79 bits per heavy atom. The third-order valence-corrected chi connectivity index (χ3v) is 3.28. The highest BCUT2D eigenvalue weighted by Crippen LogP contribution is 2.19. The zero-order chi connectivity index (χ0) is 14.0. The van der Waals surface area contributed by atoms with Gasteiger partial charge in [0.25, 0.3) is 5.24 Å². The highest BCUT2D eigenvalue weighted by molar-refractivity contribution is 8.14. The average Bonchev–Trinajstić information content (AvgIpc) is 2.66. The van der Waals surface area contributed by atoms with Crippen LogP contribution in [-0.2, 0) is 9.59 Å². The lowest BCUT2D eigenvalue weighted by Gasteiger charge is -2.12. The number of anilines is 2. The minimum absolute atomic E-state index is 0.0512. The van der Waals surface area contributed by atoms with E-state index in [2.05, 4.69) is 5.32 Å². The van der Waals surface area contributed by atoms with Crippen LogP contribution in [0.3, 0.4) is 0 Å². The topological polar surface area (TPSA) is 92.5 Å². The van der Waals surface area contributed by atoms with Gasteiger partial charge >= 0.3 is 0 Å². The summed E-state index contributed by atoms with van der Waals surface area (Å²) in [7, 11) is 0. The second-order valence-corrected chi connectivity index (χ2v) is 4.75. The minimum Gasteiger partial charge on any atom is -0.396 e. The first-order chi connectivity index (χ1) is 8.97. The third kappa shape index (κ3) is 3.02. The van der Waals surface area contributed by atoms with E-state index >= 15 is 0 Å². The molecule has 1 aliphatic rings. The van der Waals surface area contributed by atoms with Gasteiger partial charge in [-0.05, 0) is 18.2 Å². The molecule has 0 atom stereocenters. The Hall–Kier alpha value is -2.09. The van der Waals surface area contributed by atoms with Crippen molar-refractivity contribution < 1.29 is 18.8 Å². The number of benzene rings is 1. The number of amides is 3. The van der Waals surface area contributed by atoms with Crippen molar-refractivity contribution >= 4 is 40.2 Å². The summed E-state index contributed by atoms with van der Waals surface area (Å²) in [6.45, 7) is -0.359. The maximum Gasteiger partial charge on any atom is 0.289 e. The number of nitrogens with two attached hydrogens (primary N) is 1. The van der Waals surface area contributed by atoms with Crippen LogP contribution in [-0.4, -0.2) is 34.3 Å². The van der Waals surface area contributed by atoms with Gasteiger partial charge in [0.15, 0.2) is 0 Å². The van der Waals surface area contributed by atoms with Crippen molar-refractivity contribution in [2.75, 3.05) is 23.3 Å². The van der Waals surface area contributed by atoms with Gasteiger partial charge < -0.3 is 11.1 Å². The molecular weight excluding hydrogens is 273 g/mol. The molecule has 2 rings (SSSR count). The molecule has 0 unspecified atom stereocenters. The van der Waals surface area contributed by atoms with Gasteiger partial charge in [0.1, 0.15) is 12.4 Å². The summed E-state index contributed by atoms with van der Waals surface area (Å²) in [6, 6.07) is 3.72. The molecular formula is C11H10FN3O3S. The standard InChI is InChI=1S/C11H10FN3O3S/c12-7-2-1-6(3-8(7)13)14-9(16)4-15-10(17)5-19-11(15)18/h1-3H,4-5,13H2,(H,14,16). The lowest BCUT2D eigenvalue weighted by atomic mass is 10.2. The molecule has 3 N–H and O–H groups in total. The molecule has 0 aliphatic carbocycles. The monoisotopic (exact) mass is 283 g/mol. The van der Waals surface area contributed by atoms with E-state index in [1.54, 1.807) is 0 Å². The lowest BCUT2D eigenvalue weighted by molar-refractivity contribution is -0.128. The van der Waals surface area contributed by atoms with Crippen LogP contribution in [0.15, 0.2) is 18.2 Å². The second-order valence-electron chi connectivity index (χ2n) is 3.82. The van der Waals surface area contributed by atoms with E-state index in [1.165, 1.54) is 12.1 Å². The molecule has 1 aromatic rings. The summed E-state index contributed by atoms with van der Waals surface area (Å²) >= 11 is 0.854. The summed E-state index contributed by atoms with van der Waals surface area (Å²) < 4.78 is 12.9. The maximum atomic E-state index is 12.9. The van der Waals surface area contributed by atoms with Gasteiger partial charge in [-0.15, -0.1) is 0 Å². The first-order valence-corrected chi connectivity index (χ1v) is 6.28. The van der Waals surface area contributed by atoms with E-state index in [0.29, 0.717) is 5.69 Å². The fourth-order valence-electron chi connectivity index (χ4n) is 1.50. The second kappa shape index (κ2) is 5.27. The summed E-state index contributed by atoms with van der Waals surface area (Å²) in [5.74, 6) is -1.48. The number of nitrogen functional groups attached to an aromatic ring is 1. The van der Waals surface area contributed by atoms with Crippen LogP contribution in [0.25, 0.3) is 0 Å². The number of carbonyl (C=O) groups is 3. The Balaban J connectivity index is 1.99. The minimum atomic E-state index is -0.584. The van der Waals surface area contributed by atoms with E-state index < -0.39 is 22.9 Å². The van der Waals surface area contributed by atoms with Crippen LogP contribution in [0.4, 0.5) is 20.6 Å². The summed E-state index contributed by atoms with van der Waals surface area (Å²) in [5, 5.41) is 1.99. The summed E-state index contributed by atoms with van der Waals surface area (Å²) in [6.07, 6.45) is 0. The zero-order valence-corrected chi connectivity index (χ0v) is 10.5. The van der Waals surface area contributed by atoms with Gasteiger partial charge in [0, 0.05) is 5.69 Å². The predicted molar refractivity (Wildman–Crippen MR) is 69.0 cm³/mol. The first-order valence-electron chi connectivity index (χ1n) is 5.29. The molecule has 1 fully saturated rings. The van der Waals surface area contributed by atoms with Crippen LogP contribution < -0.4 is 11.1 Å². The van der Waals surface area contributed by atoms with Crippen molar-refractivity contribution in [2.24, 2.45) is 0 Å². The number of carbonyl (C=O) groups excluding carboxylic acids is 3. The van der Waals surface area contributed by atoms with Gasteiger partial charge in [0.2, 0.25) is 11.8 Å². The Morgan fingerprint density at radius 1 is 1.47 bits per heavy atom. The highest BCUT2D eigenvalue weighted by atomic mass is 32.2. The van der Waals surface area contributed by atoms with Crippen LogP contribution in [0, 0.1) is 5.82 Å². The van der Waals surface area contributed by atoms with E-state index in [4.69, 9.17) is 5.73 Å². The number of thioether (sulfide) groups is 1. The quantitative estimate of drug-likeness (QED) is 0.809. The summed E-state index contributed by atoms with van der Waals surface area (Å²) in [5.41, 5.74) is 5.56. The van der Waals surface area contributed by atoms with E-state index in [9.17, 15) is 18.8 Å². The van der Waals surface area contributed by atoms with Crippen molar-refractivity contribution in [3.8, 4) is 0 Å². The van der Waals surface area contributed by atoms with E-state index in [0.717, 1.165) is 22.7 Å². The van der Waals surface area contributed by atoms with E-state index in [1.807, 2.05) is 0 Å². The molecule has 3 amide bonds. The largest absolute Gasteiger partial charge is 0.396 e. The van der Waals surface area contributed by atoms with Crippen molar-refractivity contribution in [2.45, 2.75) is 0 Å². The Morgan fingerprint density at radius 2 is 2.21 bits per heavy atom. The predicted octanol–water partition coefficient (Wildman–Crippen LogP) is 1.04. The molecule has 0 aromatic heterocycles. The van der Waals surface area contributed by atoms with Crippen LogP contribution in [0.5, 0.6) is 0 Å². The van der Waals surface area contributed by atoms with E-state index in [-0.39, 0.29) is 18.0 Å². The summed E-state index contributed by atoms with van der Waals surface area (Å²) in [4.78, 5) is 35.1. The number of hydrogen-bond acceptors (Lipinski definition) is 5. The molecule has 8 heteroatoms. The molecule has 0 saturated carbocycles. The van der Waals surface area contributed by atoms with Crippen molar-refractivity contribution in [3.63, 3.8) is 0 Å². The number of hydrogen-bond donors (Lipinski definition) is 2. The number of rotatable bonds is 3. The molecule has 0 spiro atoms. The maximum absolute atomic E-state index is 12.9. The molecule has 100 valence electrons. The van der Waals surface area contributed by atoms with Gasteiger partial charge in [0.05, 0.1) is 11.4 Å². The molecule has 0 bridgehead atoms. The fraction of sp³-hybridized carbons (Fsp3) is 0.182. The Kier molecular flexibility index (Phi) is 3.70. The van der Waals surface area contributed by atoms with Gasteiger partial charge in [-0.1, -0.05) is 11.8 Å². The van der Waals surface area contributed by atoms with Gasteiger partial charge in [-0.25, -0.2) is 4.39 Å². The van der Waals surface area contributed by atoms with Crippen molar-refractivity contribution in [1.82, 2.24) is 4.90 Å². The van der Waals surface area contributed by atoms with Gasteiger partial charge in [-0.3, -0.25) is 19.3 Å². The van der Waals surface area contributed by atoms with Crippen LogP contribution in [0.1, 0.15) is 0 Å². The molecule has 1 aromatic carbocycles. The van der Waals surface area contributed by atoms with Crippen LogP contribution in [0.2, 0.25) is 0 Å². The Bertz CT molecular complexity index is 548. The normalized spacial score (nSPS) is 14.9. The number of nitrogens with zero attached hydrogens (tertiary/aromatic N) is 1. The number of imide groups is 1. The molecule has 1 heterocycles. The third-order valence-electron chi connectivity index (χ3n) is 2.42. The number of nitrogens with one attached hydrogen (secondary N) is 1. The first kappa shape index (κ1) is 13.3.